The van der Waals surface area contributed by atoms with E-state index in [4.69, 9.17) is 0 Å². The van der Waals surface area contributed by atoms with Crippen LogP contribution >= 0.6 is 0 Å². The standard InChI is InChI=1S/C14H25N5O3S/c1-10-11(2)19(8-7-15-10)14(20)5-6-16-23(21,22)13-9-18(4)12(3)17-13/h9-11,15-16H,5-8H2,1-4H3. The van der Waals surface area contributed by atoms with Crippen LogP contribution < -0.4 is 10.0 Å². The molecule has 2 N–H and O–H groups in total. The number of imidazole rings is 1. The van der Waals surface area contributed by atoms with Crippen LogP contribution in [0.5, 0.6) is 0 Å². The third-order valence-corrected chi connectivity index (χ3v) is 5.68. The van der Waals surface area contributed by atoms with Gasteiger partial charge in [-0.15, -0.1) is 0 Å². The largest absolute Gasteiger partial charge is 0.337 e. The van der Waals surface area contributed by atoms with Gasteiger partial charge in [-0.05, 0) is 20.8 Å². The van der Waals surface area contributed by atoms with E-state index in [1.807, 2.05) is 13.8 Å². The van der Waals surface area contributed by atoms with Crippen molar-refractivity contribution in [3.8, 4) is 0 Å². The lowest BCUT2D eigenvalue weighted by atomic mass is 10.1. The van der Waals surface area contributed by atoms with Crippen LogP contribution in [0, 0.1) is 6.92 Å². The van der Waals surface area contributed by atoms with Gasteiger partial charge in [-0.25, -0.2) is 18.1 Å². The summed E-state index contributed by atoms with van der Waals surface area (Å²) >= 11 is 0. The van der Waals surface area contributed by atoms with Crippen molar-refractivity contribution in [3.63, 3.8) is 0 Å². The molecule has 1 saturated heterocycles. The summed E-state index contributed by atoms with van der Waals surface area (Å²) in [6, 6.07) is 0.340. The molecular weight excluding hydrogens is 318 g/mol. The molecule has 0 aromatic carbocycles. The number of hydrogen-bond donors (Lipinski definition) is 2. The number of hydrogen-bond acceptors (Lipinski definition) is 5. The lowest BCUT2D eigenvalue weighted by molar-refractivity contribution is -0.134. The SMILES string of the molecule is Cc1nc(S(=O)(=O)NCCC(=O)N2CCNC(C)C2C)cn1C. The molecule has 1 aromatic rings. The predicted octanol–water partition coefficient (Wildman–Crippen LogP) is -0.394. The number of nitrogens with zero attached hydrogens (tertiary/aromatic N) is 3. The highest BCUT2D eigenvalue weighted by Gasteiger charge is 2.28. The summed E-state index contributed by atoms with van der Waals surface area (Å²) in [4.78, 5) is 18.1. The average molecular weight is 343 g/mol. The van der Waals surface area contributed by atoms with E-state index in [0.29, 0.717) is 12.4 Å². The molecule has 0 aliphatic carbocycles. The minimum atomic E-state index is -3.68. The molecule has 130 valence electrons. The van der Waals surface area contributed by atoms with Crippen molar-refractivity contribution in [3.05, 3.63) is 12.0 Å². The van der Waals surface area contributed by atoms with E-state index in [1.165, 1.54) is 6.20 Å². The number of nitrogens with one attached hydrogen (secondary N) is 2. The van der Waals surface area contributed by atoms with Gasteiger partial charge in [-0.1, -0.05) is 0 Å². The third kappa shape index (κ3) is 4.10. The van der Waals surface area contributed by atoms with E-state index in [9.17, 15) is 13.2 Å². The highest BCUT2D eigenvalue weighted by atomic mass is 32.2. The number of aromatic nitrogens is 2. The summed E-state index contributed by atoms with van der Waals surface area (Å²) in [6.07, 6.45) is 1.60. The van der Waals surface area contributed by atoms with Crippen LogP contribution in [-0.2, 0) is 21.9 Å². The fourth-order valence-electron chi connectivity index (χ4n) is 2.57. The van der Waals surface area contributed by atoms with Crippen molar-refractivity contribution in [1.82, 2.24) is 24.5 Å². The van der Waals surface area contributed by atoms with Crippen molar-refractivity contribution in [2.24, 2.45) is 7.05 Å². The van der Waals surface area contributed by atoms with Gasteiger partial charge in [0.25, 0.3) is 10.0 Å². The average Bonchev–Trinajstić information content (AvgIpc) is 2.82. The fourth-order valence-corrected chi connectivity index (χ4v) is 3.64. The Bertz CT molecular complexity index is 650. The van der Waals surface area contributed by atoms with Gasteiger partial charge in [0.1, 0.15) is 5.82 Å². The molecule has 2 unspecified atom stereocenters. The second kappa shape index (κ2) is 6.98. The number of piperazine rings is 1. The zero-order valence-electron chi connectivity index (χ0n) is 14.0. The molecule has 8 nitrogen and oxygen atoms in total. The van der Waals surface area contributed by atoms with E-state index in [1.54, 1.807) is 23.4 Å². The molecule has 0 radical (unpaired) electrons. The first-order chi connectivity index (χ1) is 10.7. The molecule has 1 fully saturated rings. The summed E-state index contributed by atoms with van der Waals surface area (Å²) in [6.45, 7) is 7.25. The van der Waals surface area contributed by atoms with Crippen LogP contribution in [-0.4, -0.2) is 60.5 Å². The first-order valence-corrected chi connectivity index (χ1v) is 9.23. The molecule has 1 aromatic heterocycles. The van der Waals surface area contributed by atoms with Gasteiger partial charge in [-0.3, -0.25) is 4.79 Å². The minimum absolute atomic E-state index is 0.0193. The highest BCUT2D eigenvalue weighted by Crippen LogP contribution is 2.11. The van der Waals surface area contributed by atoms with E-state index < -0.39 is 10.0 Å². The molecule has 1 aliphatic rings. The summed E-state index contributed by atoms with van der Waals surface area (Å²) in [5.74, 6) is 0.579. The van der Waals surface area contributed by atoms with Crippen LogP contribution in [0.25, 0.3) is 0 Å². The van der Waals surface area contributed by atoms with Crippen LogP contribution in [0.2, 0.25) is 0 Å². The molecule has 2 atom stereocenters. The van der Waals surface area contributed by atoms with Gasteiger partial charge in [0.15, 0.2) is 5.03 Å². The van der Waals surface area contributed by atoms with Crippen molar-refractivity contribution in [2.75, 3.05) is 19.6 Å². The Labute approximate surface area is 137 Å². The van der Waals surface area contributed by atoms with Gasteiger partial charge >= 0.3 is 0 Å². The number of sulfonamides is 1. The van der Waals surface area contributed by atoms with Crippen molar-refractivity contribution >= 4 is 15.9 Å². The second-order valence-corrected chi connectivity index (χ2v) is 7.67. The number of carbonyl (C=O) groups excluding carboxylic acids is 1. The normalized spacial score (nSPS) is 22.3. The molecule has 0 bridgehead atoms. The maximum absolute atomic E-state index is 12.3. The van der Waals surface area contributed by atoms with Crippen LogP contribution in [0.4, 0.5) is 0 Å². The predicted molar refractivity (Wildman–Crippen MR) is 86.4 cm³/mol. The Morgan fingerprint density at radius 3 is 2.78 bits per heavy atom. The third-order valence-electron chi connectivity index (χ3n) is 4.35. The first-order valence-electron chi connectivity index (χ1n) is 7.75. The lowest BCUT2D eigenvalue weighted by Gasteiger charge is -2.38. The van der Waals surface area contributed by atoms with Gasteiger partial charge < -0.3 is 14.8 Å². The molecule has 1 aliphatic heterocycles. The van der Waals surface area contributed by atoms with E-state index in [0.717, 1.165) is 6.54 Å². The zero-order valence-corrected chi connectivity index (χ0v) is 14.9. The van der Waals surface area contributed by atoms with Crippen LogP contribution in [0.3, 0.4) is 0 Å². The summed E-state index contributed by atoms with van der Waals surface area (Å²) in [5.41, 5.74) is 0. The molecule has 23 heavy (non-hydrogen) atoms. The van der Waals surface area contributed by atoms with Crippen LogP contribution in [0.15, 0.2) is 11.2 Å². The maximum atomic E-state index is 12.3. The Morgan fingerprint density at radius 1 is 1.48 bits per heavy atom. The Morgan fingerprint density at radius 2 is 2.17 bits per heavy atom. The minimum Gasteiger partial charge on any atom is -0.337 e. The Kier molecular flexibility index (Phi) is 5.43. The summed E-state index contributed by atoms with van der Waals surface area (Å²) < 4.78 is 28.4. The molecule has 2 heterocycles. The monoisotopic (exact) mass is 343 g/mol. The zero-order chi connectivity index (χ0) is 17.2. The molecule has 0 spiro atoms. The van der Waals surface area contributed by atoms with Gasteiger partial charge in [0.05, 0.1) is 0 Å². The second-order valence-electron chi connectivity index (χ2n) is 5.96. The van der Waals surface area contributed by atoms with E-state index in [2.05, 4.69) is 15.0 Å². The van der Waals surface area contributed by atoms with Crippen LogP contribution in [0.1, 0.15) is 26.1 Å². The van der Waals surface area contributed by atoms with Crippen molar-refractivity contribution < 1.29 is 13.2 Å². The fraction of sp³-hybridized carbons (Fsp3) is 0.714. The van der Waals surface area contributed by atoms with E-state index >= 15 is 0 Å². The number of rotatable bonds is 5. The molecule has 0 saturated carbocycles. The van der Waals surface area contributed by atoms with Crippen molar-refractivity contribution in [1.29, 1.82) is 0 Å². The maximum Gasteiger partial charge on any atom is 0.259 e. The molecule has 1 amide bonds. The lowest BCUT2D eigenvalue weighted by Crippen LogP contribution is -2.57. The number of amides is 1. The smallest absolute Gasteiger partial charge is 0.259 e. The van der Waals surface area contributed by atoms with Gasteiger partial charge in [0, 0.05) is 51.4 Å². The molecule has 9 heteroatoms. The van der Waals surface area contributed by atoms with Gasteiger partial charge in [0.2, 0.25) is 5.91 Å². The quantitative estimate of drug-likeness (QED) is 0.759. The molecule has 2 rings (SSSR count). The number of carbonyl (C=O) groups is 1. The highest BCUT2D eigenvalue weighted by molar-refractivity contribution is 7.89. The topological polar surface area (TPSA) is 96.3 Å². The first kappa shape index (κ1) is 17.9. The number of aryl methyl sites for hydroxylation is 2. The van der Waals surface area contributed by atoms with E-state index in [-0.39, 0.29) is 36.0 Å². The van der Waals surface area contributed by atoms with Gasteiger partial charge in [-0.2, -0.15) is 0 Å². The Balaban J connectivity index is 1.90. The summed E-state index contributed by atoms with van der Waals surface area (Å²) in [5, 5.41) is 3.29. The molecular formula is C14H25N5O3S. The summed E-state index contributed by atoms with van der Waals surface area (Å²) in [7, 11) is -1.94. The Hall–Kier alpha value is -1.45. The van der Waals surface area contributed by atoms with Crippen molar-refractivity contribution in [2.45, 2.75) is 44.3 Å².